The van der Waals surface area contributed by atoms with E-state index in [9.17, 15) is 13.2 Å². The van der Waals surface area contributed by atoms with Crippen molar-refractivity contribution in [3.63, 3.8) is 0 Å². The first-order chi connectivity index (χ1) is 8.28. The molecule has 1 aromatic rings. The number of hydrogen-bond donors (Lipinski definition) is 3. The number of sulfonamides is 1. The van der Waals surface area contributed by atoms with E-state index in [-0.39, 0.29) is 17.9 Å². The van der Waals surface area contributed by atoms with E-state index in [1.165, 1.54) is 11.7 Å². The maximum absolute atomic E-state index is 11.2. The van der Waals surface area contributed by atoms with Crippen LogP contribution in [0.25, 0.3) is 0 Å². The predicted molar refractivity (Wildman–Crippen MR) is 66.2 cm³/mol. The molecule has 0 aliphatic rings. The van der Waals surface area contributed by atoms with Crippen molar-refractivity contribution < 1.29 is 18.3 Å². The van der Waals surface area contributed by atoms with Crippen LogP contribution in [0, 0.1) is 6.92 Å². The molecule has 0 aromatic carbocycles. The van der Waals surface area contributed by atoms with E-state index in [1.54, 1.807) is 14.0 Å². The minimum atomic E-state index is -3.32. The summed E-state index contributed by atoms with van der Waals surface area (Å²) in [4.78, 5) is 11.0. The maximum Gasteiger partial charge on any atom is 0.341 e. The van der Waals surface area contributed by atoms with Crippen molar-refractivity contribution in [3.05, 3.63) is 11.3 Å². The molecule has 102 valence electrons. The van der Waals surface area contributed by atoms with Crippen LogP contribution >= 0.6 is 0 Å². The standard InChI is InChI=1S/C9H16N4O4S/c1-6-7(9(14)15)8(13(3)12-6)11-4-5-18(16,17)10-2/h10-11H,4-5H2,1-3H3,(H,14,15). The van der Waals surface area contributed by atoms with Gasteiger partial charge in [0.1, 0.15) is 11.4 Å². The molecular weight excluding hydrogens is 260 g/mol. The lowest BCUT2D eigenvalue weighted by Crippen LogP contribution is -2.26. The summed E-state index contributed by atoms with van der Waals surface area (Å²) in [6.45, 7) is 1.68. The monoisotopic (exact) mass is 276 g/mol. The van der Waals surface area contributed by atoms with Gasteiger partial charge in [-0.15, -0.1) is 0 Å². The summed E-state index contributed by atoms with van der Waals surface area (Å²) in [6, 6.07) is 0. The SMILES string of the molecule is CNS(=O)(=O)CCNc1c(C(=O)O)c(C)nn1C. The van der Waals surface area contributed by atoms with Gasteiger partial charge in [-0.2, -0.15) is 5.10 Å². The fraction of sp³-hybridized carbons (Fsp3) is 0.556. The number of carbonyl (C=O) groups is 1. The van der Waals surface area contributed by atoms with Crippen LogP contribution in [0.5, 0.6) is 0 Å². The van der Waals surface area contributed by atoms with E-state index in [1.807, 2.05) is 0 Å². The Morgan fingerprint density at radius 1 is 1.50 bits per heavy atom. The lowest BCUT2D eigenvalue weighted by Gasteiger charge is -2.08. The van der Waals surface area contributed by atoms with Crippen LogP contribution in [0.4, 0.5) is 5.82 Å². The Kier molecular flexibility index (Phi) is 4.30. The van der Waals surface area contributed by atoms with Crippen molar-refractivity contribution >= 4 is 21.8 Å². The van der Waals surface area contributed by atoms with Crippen LogP contribution in [-0.2, 0) is 17.1 Å². The van der Waals surface area contributed by atoms with Crippen molar-refractivity contribution in [1.82, 2.24) is 14.5 Å². The van der Waals surface area contributed by atoms with E-state index in [4.69, 9.17) is 5.11 Å². The number of nitrogens with zero attached hydrogens (tertiary/aromatic N) is 2. The van der Waals surface area contributed by atoms with E-state index in [0.29, 0.717) is 11.5 Å². The molecule has 1 rings (SSSR count). The second kappa shape index (κ2) is 5.36. The number of carboxylic acid groups (broad SMARTS) is 1. The summed E-state index contributed by atoms with van der Waals surface area (Å²) in [5, 5.41) is 15.8. The number of carboxylic acids is 1. The Hall–Kier alpha value is -1.61. The molecule has 0 saturated heterocycles. The van der Waals surface area contributed by atoms with Gasteiger partial charge < -0.3 is 10.4 Å². The number of aromatic carboxylic acids is 1. The largest absolute Gasteiger partial charge is 0.477 e. The van der Waals surface area contributed by atoms with Crippen LogP contribution in [0.15, 0.2) is 0 Å². The Morgan fingerprint density at radius 3 is 2.61 bits per heavy atom. The molecule has 0 radical (unpaired) electrons. The lowest BCUT2D eigenvalue weighted by atomic mass is 10.2. The van der Waals surface area contributed by atoms with Gasteiger partial charge in [-0.1, -0.05) is 0 Å². The van der Waals surface area contributed by atoms with E-state index in [2.05, 4.69) is 15.1 Å². The molecule has 3 N–H and O–H groups in total. The number of anilines is 1. The van der Waals surface area contributed by atoms with Gasteiger partial charge in [0.15, 0.2) is 0 Å². The highest BCUT2D eigenvalue weighted by molar-refractivity contribution is 7.89. The van der Waals surface area contributed by atoms with Crippen molar-refractivity contribution in [2.45, 2.75) is 6.92 Å². The van der Waals surface area contributed by atoms with Crippen LogP contribution < -0.4 is 10.0 Å². The lowest BCUT2D eigenvalue weighted by molar-refractivity contribution is 0.0697. The third-order valence-electron chi connectivity index (χ3n) is 2.41. The van der Waals surface area contributed by atoms with Gasteiger partial charge in [-0.3, -0.25) is 4.68 Å². The summed E-state index contributed by atoms with van der Waals surface area (Å²) in [7, 11) is -0.401. The van der Waals surface area contributed by atoms with Crippen LogP contribution in [0.2, 0.25) is 0 Å². The molecular formula is C9H16N4O4S. The summed E-state index contributed by atoms with van der Waals surface area (Å²) in [5.74, 6) is -0.946. The third-order valence-corrected chi connectivity index (χ3v) is 3.77. The van der Waals surface area contributed by atoms with Crippen molar-refractivity contribution in [3.8, 4) is 0 Å². The minimum absolute atomic E-state index is 0.0550. The predicted octanol–water partition coefficient (Wildman–Crippen LogP) is -0.612. The number of aryl methyl sites for hydroxylation is 2. The van der Waals surface area contributed by atoms with Gasteiger partial charge in [-0.25, -0.2) is 17.9 Å². The fourth-order valence-electron chi connectivity index (χ4n) is 1.52. The summed E-state index contributed by atoms with van der Waals surface area (Å²) in [5.41, 5.74) is 0.434. The van der Waals surface area contributed by atoms with E-state index >= 15 is 0 Å². The summed E-state index contributed by atoms with van der Waals surface area (Å²) in [6.07, 6.45) is 0. The second-order valence-electron chi connectivity index (χ2n) is 3.69. The molecule has 0 aliphatic carbocycles. The quantitative estimate of drug-likeness (QED) is 0.638. The zero-order chi connectivity index (χ0) is 13.9. The van der Waals surface area contributed by atoms with Gasteiger partial charge in [0, 0.05) is 13.6 Å². The molecule has 0 atom stereocenters. The van der Waals surface area contributed by atoms with E-state index < -0.39 is 16.0 Å². The van der Waals surface area contributed by atoms with Crippen molar-refractivity contribution in [2.75, 3.05) is 24.7 Å². The summed E-state index contributed by atoms with van der Waals surface area (Å²) >= 11 is 0. The molecule has 0 amide bonds. The minimum Gasteiger partial charge on any atom is -0.477 e. The first-order valence-electron chi connectivity index (χ1n) is 5.20. The normalized spacial score (nSPS) is 11.5. The number of hydrogen-bond acceptors (Lipinski definition) is 5. The molecule has 0 bridgehead atoms. The molecule has 8 nitrogen and oxygen atoms in total. The molecule has 1 heterocycles. The molecule has 0 saturated carbocycles. The number of nitrogens with one attached hydrogen (secondary N) is 2. The van der Waals surface area contributed by atoms with Crippen molar-refractivity contribution in [2.24, 2.45) is 7.05 Å². The van der Waals surface area contributed by atoms with Crippen LogP contribution in [-0.4, -0.2) is 48.6 Å². The van der Waals surface area contributed by atoms with Gasteiger partial charge in [0.05, 0.1) is 11.4 Å². The fourth-order valence-corrected chi connectivity index (χ4v) is 2.10. The Bertz CT molecular complexity index is 549. The maximum atomic E-state index is 11.2. The highest BCUT2D eigenvalue weighted by atomic mass is 32.2. The van der Waals surface area contributed by atoms with Gasteiger partial charge in [0.25, 0.3) is 0 Å². The van der Waals surface area contributed by atoms with Gasteiger partial charge in [0.2, 0.25) is 10.0 Å². The molecule has 0 fully saturated rings. The summed E-state index contributed by atoms with van der Waals surface area (Å²) < 4.78 is 26.0. The second-order valence-corrected chi connectivity index (χ2v) is 5.73. The third kappa shape index (κ3) is 3.20. The highest BCUT2D eigenvalue weighted by Gasteiger charge is 2.19. The number of rotatable bonds is 6. The average Bonchev–Trinajstić information content (AvgIpc) is 2.53. The number of aromatic nitrogens is 2. The molecule has 18 heavy (non-hydrogen) atoms. The molecule has 0 unspecified atom stereocenters. The topological polar surface area (TPSA) is 113 Å². The van der Waals surface area contributed by atoms with Crippen molar-refractivity contribution in [1.29, 1.82) is 0 Å². The molecule has 9 heteroatoms. The molecule has 0 aliphatic heterocycles. The zero-order valence-electron chi connectivity index (χ0n) is 10.4. The molecule has 0 spiro atoms. The highest BCUT2D eigenvalue weighted by Crippen LogP contribution is 2.18. The van der Waals surface area contributed by atoms with Crippen LogP contribution in [0.1, 0.15) is 16.1 Å². The first kappa shape index (κ1) is 14.5. The van der Waals surface area contributed by atoms with E-state index in [0.717, 1.165) is 0 Å². The Labute approximate surface area is 105 Å². The Morgan fingerprint density at radius 2 is 2.11 bits per heavy atom. The Balaban J connectivity index is 2.83. The molecule has 1 aromatic heterocycles. The van der Waals surface area contributed by atoms with Gasteiger partial charge >= 0.3 is 5.97 Å². The smallest absolute Gasteiger partial charge is 0.341 e. The zero-order valence-corrected chi connectivity index (χ0v) is 11.2. The first-order valence-corrected chi connectivity index (χ1v) is 6.85. The van der Waals surface area contributed by atoms with Crippen LogP contribution in [0.3, 0.4) is 0 Å². The average molecular weight is 276 g/mol. The van der Waals surface area contributed by atoms with Gasteiger partial charge in [-0.05, 0) is 14.0 Å².